The lowest BCUT2D eigenvalue weighted by molar-refractivity contribution is -0.125. The molecular weight excluding hydrogens is 382 g/mol. The lowest BCUT2D eigenvalue weighted by Gasteiger charge is -2.19. The van der Waals surface area contributed by atoms with Gasteiger partial charge in [0.05, 0.1) is 0 Å². The zero-order valence-electron chi connectivity index (χ0n) is 14.8. The number of ether oxygens (including phenoxy) is 2. The van der Waals surface area contributed by atoms with Crippen molar-refractivity contribution in [1.29, 1.82) is 0 Å². The van der Waals surface area contributed by atoms with Crippen molar-refractivity contribution in [1.82, 2.24) is 4.90 Å². The molecule has 2 aliphatic rings. The molecule has 1 amide bonds. The predicted octanol–water partition coefficient (Wildman–Crippen LogP) is 4.79. The number of hydrogen-bond acceptors (Lipinski definition) is 4. The van der Waals surface area contributed by atoms with Crippen molar-refractivity contribution in [3.63, 3.8) is 0 Å². The van der Waals surface area contributed by atoms with Gasteiger partial charge in [-0.05, 0) is 41.8 Å². The molecule has 0 saturated carbocycles. The Bertz CT molecular complexity index is 870. The van der Waals surface area contributed by atoms with Crippen molar-refractivity contribution in [2.24, 2.45) is 0 Å². The van der Waals surface area contributed by atoms with Crippen LogP contribution >= 0.6 is 23.4 Å². The van der Waals surface area contributed by atoms with Crippen LogP contribution in [0.15, 0.2) is 48.5 Å². The lowest BCUT2D eigenvalue weighted by atomic mass is 10.1. The summed E-state index contributed by atoms with van der Waals surface area (Å²) in [6.45, 7) is 1.72. The number of benzene rings is 2. The summed E-state index contributed by atoms with van der Waals surface area (Å²) in [6.07, 6.45) is 4.36. The Kier molecular flexibility index (Phi) is 5.60. The average molecular weight is 402 g/mol. The second-order valence-corrected chi connectivity index (χ2v) is 8.16. The average Bonchev–Trinajstić information content (AvgIpc) is 3.01. The zero-order chi connectivity index (χ0) is 18.6. The fourth-order valence-electron chi connectivity index (χ4n) is 3.26. The van der Waals surface area contributed by atoms with Gasteiger partial charge >= 0.3 is 0 Å². The van der Waals surface area contributed by atoms with Gasteiger partial charge in [0, 0.05) is 35.2 Å². The highest BCUT2D eigenvalue weighted by Crippen LogP contribution is 2.38. The predicted molar refractivity (Wildman–Crippen MR) is 109 cm³/mol. The summed E-state index contributed by atoms with van der Waals surface area (Å²) in [5, 5.41) is 1.13. The van der Waals surface area contributed by atoms with E-state index in [1.165, 1.54) is 0 Å². The molecule has 1 unspecified atom stereocenters. The maximum absolute atomic E-state index is 12.6. The van der Waals surface area contributed by atoms with Crippen LogP contribution in [0.4, 0.5) is 0 Å². The van der Waals surface area contributed by atoms with Crippen LogP contribution < -0.4 is 9.47 Å². The van der Waals surface area contributed by atoms with Gasteiger partial charge in [-0.3, -0.25) is 4.79 Å². The third-order valence-electron chi connectivity index (χ3n) is 4.72. The van der Waals surface area contributed by atoms with Gasteiger partial charge in [0.1, 0.15) is 0 Å². The molecule has 2 aliphatic heterocycles. The normalized spacial score (nSPS) is 19.3. The first-order valence-electron chi connectivity index (χ1n) is 8.93. The minimum absolute atomic E-state index is 0.0353. The van der Waals surface area contributed by atoms with Crippen molar-refractivity contribution in [2.45, 2.75) is 11.7 Å². The number of hydrogen-bond donors (Lipinski definition) is 0. The SMILES string of the molecule is O=C(/C=C/c1ccc2c(c1)OCO2)N1CCSC(c2ccccc2Cl)CC1. The van der Waals surface area contributed by atoms with E-state index in [1.54, 1.807) is 6.08 Å². The molecule has 27 heavy (non-hydrogen) atoms. The number of carbonyl (C=O) groups excluding carboxylic acids is 1. The highest BCUT2D eigenvalue weighted by atomic mass is 35.5. The van der Waals surface area contributed by atoms with Gasteiger partial charge in [-0.25, -0.2) is 0 Å². The van der Waals surface area contributed by atoms with Crippen LogP contribution in [0.25, 0.3) is 6.08 Å². The van der Waals surface area contributed by atoms with Gasteiger partial charge in [-0.1, -0.05) is 35.9 Å². The molecule has 0 spiro atoms. The molecule has 6 heteroatoms. The highest BCUT2D eigenvalue weighted by molar-refractivity contribution is 7.99. The summed E-state index contributed by atoms with van der Waals surface area (Å²) in [7, 11) is 0. The van der Waals surface area contributed by atoms with E-state index in [2.05, 4.69) is 6.07 Å². The summed E-state index contributed by atoms with van der Waals surface area (Å²) >= 11 is 8.21. The van der Waals surface area contributed by atoms with Crippen molar-refractivity contribution in [3.05, 3.63) is 64.7 Å². The molecule has 0 bridgehead atoms. The molecule has 2 aromatic carbocycles. The van der Waals surface area contributed by atoms with Crippen molar-refractivity contribution in [2.75, 3.05) is 25.6 Å². The Morgan fingerprint density at radius 1 is 1.15 bits per heavy atom. The van der Waals surface area contributed by atoms with E-state index in [-0.39, 0.29) is 12.7 Å². The number of amides is 1. The molecule has 4 nitrogen and oxygen atoms in total. The van der Waals surface area contributed by atoms with E-state index in [9.17, 15) is 4.79 Å². The minimum Gasteiger partial charge on any atom is -0.454 e. The van der Waals surface area contributed by atoms with Gasteiger partial charge in [0.2, 0.25) is 12.7 Å². The largest absolute Gasteiger partial charge is 0.454 e. The Morgan fingerprint density at radius 3 is 2.89 bits per heavy atom. The fourth-order valence-corrected chi connectivity index (χ4v) is 4.86. The summed E-state index contributed by atoms with van der Waals surface area (Å²) in [6, 6.07) is 13.6. The Balaban J connectivity index is 1.39. The van der Waals surface area contributed by atoms with E-state index in [1.807, 2.05) is 59.1 Å². The Morgan fingerprint density at radius 2 is 2.00 bits per heavy atom. The maximum Gasteiger partial charge on any atom is 0.246 e. The van der Waals surface area contributed by atoms with Crippen LogP contribution in [0.5, 0.6) is 11.5 Å². The van der Waals surface area contributed by atoms with Crippen molar-refractivity contribution >= 4 is 35.3 Å². The molecule has 0 aliphatic carbocycles. The van der Waals surface area contributed by atoms with Gasteiger partial charge in [-0.15, -0.1) is 0 Å². The summed E-state index contributed by atoms with van der Waals surface area (Å²) < 4.78 is 10.7. The van der Waals surface area contributed by atoms with Crippen LogP contribution in [0.2, 0.25) is 5.02 Å². The Hall–Kier alpha value is -2.11. The summed E-state index contributed by atoms with van der Waals surface area (Å²) in [4.78, 5) is 14.5. The standard InChI is InChI=1S/C21H20ClNO3S/c22-17-4-2-1-3-16(17)20-9-10-23(11-12-27-20)21(24)8-6-15-5-7-18-19(13-15)26-14-25-18/h1-8,13,20H,9-12,14H2/b8-6+. The molecule has 140 valence electrons. The topological polar surface area (TPSA) is 38.8 Å². The number of thioether (sulfide) groups is 1. The minimum atomic E-state index is 0.0353. The first-order chi connectivity index (χ1) is 13.2. The molecule has 0 radical (unpaired) electrons. The van der Waals surface area contributed by atoms with Crippen LogP contribution in [0.3, 0.4) is 0 Å². The summed E-state index contributed by atoms with van der Waals surface area (Å²) in [5.74, 6) is 2.40. The first-order valence-corrected chi connectivity index (χ1v) is 10.4. The number of rotatable bonds is 3. The van der Waals surface area contributed by atoms with Crippen molar-refractivity contribution < 1.29 is 14.3 Å². The third kappa shape index (κ3) is 4.25. The third-order valence-corrected chi connectivity index (χ3v) is 6.37. The van der Waals surface area contributed by atoms with Gasteiger partial charge in [-0.2, -0.15) is 11.8 Å². The molecule has 0 N–H and O–H groups in total. The monoisotopic (exact) mass is 401 g/mol. The van der Waals surface area contributed by atoms with Crippen LogP contribution in [0.1, 0.15) is 22.8 Å². The van der Waals surface area contributed by atoms with Gasteiger partial charge in [0.15, 0.2) is 11.5 Å². The van der Waals surface area contributed by atoms with E-state index < -0.39 is 0 Å². The van der Waals surface area contributed by atoms with Crippen molar-refractivity contribution in [3.8, 4) is 11.5 Å². The van der Waals surface area contributed by atoms with Gasteiger partial charge in [0.25, 0.3) is 0 Å². The lowest BCUT2D eigenvalue weighted by Crippen LogP contribution is -2.31. The maximum atomic E-state index is 12.6. The van der Waals surface area contributed by atoms with E-state index in [4.69, 9.17) is 21.1 Å². The molecule has 2 heterocycles. The highest BCUT2D eigenvalue weighted by Gasteiger charge is 2.22. The fraction of sp³-hybridized carbons (Fsp3) is 0.286. The molecule has 1 fully saturated rings. The zero-order valence-corrected chi connectivity index (χ0v) is 16.3. The van der Waals surface area contributed by atoms with Crippen LogP contribution in [-0.2, 0) is 4.79 Å². The van der Waals surface area contributed by atoms with E-state index >= 15 is 0 Å². The molecule has 1 atom stereocenters. The van der Waals surface area contributed by atoms with E-state index in [0.29, 0.717) is 5.25 Å². The molecular formula is C21H20ClNO3S. The van der Waals surface area contributed by atoms with Crippen LogP contribution in [-0.4, -0.2) is 36.4 Å². The molecule has 0 aromatic heterocycles. The second-order valence-electron chi connectivity index (χ2n) is 6.44. The van der Waals surface area contributed by atoms with Crippen LogP contribution in [0, 0.1) is 0 Å². The molecule has 2 aromatic rings. The first kappa shape index (κ1) is 18.3. The number of nitrogens with zero attached hydrogens (tertiary/aromatic N) is 1. The van der Waals surface area contributed by atoms with Gasteiger partial charge < -0.3 is 14.4 Å². The number of fused-ring (bicyclic) bond motifs is 1. The number of halogens is 1. The summed E-state index contributed by atoms with van der Waals surface area (Å²) in [5.41, 5.74) is 2.08. The number of carbonyl (C=O) groups is 1. The smallest absolute Gasteiger partial charge is 0.246 e. The molecule has 1 saturated heterocycles. The van der Waals surface area contributed by atoms with E-state index in [0.717, 1.165) is 52.9 Å². The quantitative estimate of drug-likeness (QED) is 0.693. The molecule has 4 rings (SSSR count). The Labute approximate surface area is 168 Å². The second kappa shape index (κ2) is 8.28.